The highest BCUT2D eigenvalue weighted by Gasteiger charge is 2.35. The Morgan fingerprint density at radius 3 is 1.59 bits per heavy atom. The Morgan fingerprint density at radius 1 is 0.328 bits per heavy atom. The van der Waals surface area contributed by atoms with Gasteiger partial charge < -0.3 is 4.57 Å². The third-order valence-electron chi connectivity index (χ3n) is 13.0. The SMILES string of the molecule is CC1(C)c2ccccc2-c2ccc(-c3c4ccccc4c(-c4ccc(-n5c6ccccc6c6cc(-c7cccc8ccccc78)ccc65)cc4)c4ccccc34)cc21. The molecular weight excluding hydrogens is 699 g/mol. The van der Waals surface area contributed by atoms with Crippen molar-refractivity contribution in [3.63, 3.8) is 0 Å². The maximum Gasteiger partial charge on any atom is 0.0541 e. The van der Waals surface area contributed by atoms with E-state index in [9.17, 15) is 0 Å². The summed E-state index contributed by atoms with van der Waals surface area (Å²) in [5.41, 5.74) is 16.6. The molecule has 0 aliphatic heterocycles. The van der Waals surface area contributed by atoms with Crippen LogP contribution in [0.4, 0.5) is 0 Å². The fourth-order valence-corrected chi connectivity index (χ4v) is 10.3. The number of para-hydroxylation sites is 1. The summed E-state index contributed by atoms with van der Waals surface area (Å²) in [6.45, 7) is 4.74. The van der Waals surface area contributed by atoms with Crippen LogP contribution in [0.15, 0.2) is 200 Å². The first-order valence-electron chi connectivity index (χ1n) is 20.3. The van der Waals surface area contributed by atoms with Gasteiger partial charge in [0.1, 0.15) is 0 Å². The van der Waals surface area contributed by atoms with E-state index >= 15 is 0 Å². The second kappa shape index (κ2) is 12.4. The average molecular weight is 738 g/mol. The molecule has 10 aromatic carbocycles. The molecule has 1 aliphatic carbocycles. The van der Waals surface area contributed by atoms with Crippen LogP contribution >= 0.6 is 0 Å². The van der Waals surface area contributed by atoms with Gasteiger partial charge in [-0.2, -0.15) is 0 Å². The molecule has 0 bridgehead atoms. The summed E-state index contributed by atoms with van der Waals surface area (Å²) in [6, 6.07) is 74.4. The lowest BCUT2D eigenvalue weighted by molar-refractivity contribution is 0.660. The third kappa shape index (κ3) is 4.71. The van der Waals surface area contributed by atoms with E-state index in [1.54, 1.807) is 0 Å². The maximum atomic E-state index is 2.47. The van der Waals surface area contributed by atoms with E-state index in [0.717, 1.165) is 5.69 Å². The van der Waals surface area contributed by atoms with Crippen molar-refractivity contribution in [2.24, 2.45) is 0 Å². The van der Waals surface area contributed by atoms with E-state index in [4.69, 9.17) is 0 Å². The molecule has 1 aliphatic rings. The normalized spacial score (nSPS) is 13.1. The van der Waals surface area contributed by atoms with Gasteiger partial charge in [-0.1, -0.05) is 178 Å². The Bertz CT molecular complexity index is 3410. The minimum absolute atomic E-state index is 0.0648. The standard InChI is InChI=1S/C57H39N/c1-57(2)51-24-11-9-17-43(51)44-32-28-39(35-52(44)57)56-48-21-7-5-19-46(48)55(47-20-6-8-22-49(47)56)37-26-30-40(31-27-37)58-53-25-12-10-18-45(53)50-34-38(29-33-54(50)58)42-23-13-15-36-14-3-4-16-41(36)42/h3-35H,1-2H3. The average Bonchev–Trinajstić information content (AvgIpc) is 3.73. The first-order chi connectivity index (χ1) is 28.5. The lowest BCUT2D eigenvalue weighted by Gasteiger charge is -2.23. The predicted octanol–water partition coefficient (Wildman–Crippen LogP) is 15.6. The Labute approximate surface area is 338 Å². The summed E-state index contributed by atoms with van der Waals surface area (Å²) in [4.78, 5) is 0. The fourth-order valence-electron chi connectivity index (χ4n) is 10.3. The Morgan fingerprint density at radius 2 is 0.845 bits per heavy atom. The monoisotopic (exact) mass is 737 g/mol. The van der Waals surface area contributed by atoms with Gasteiger partial charge >= 0.3 is 0 Å². The van der Waals surface area contributed by atoms with Crippen LogP contribution in [0.5, 0.6) is 0 Å². The van der Waals surface area contributed by atoms with E-state index in [-0.39, 0.29) is 5.41 Å². The second-order valence-electron chi connectivity index (χ2n) is 16.4. The molecule has 0 N–H and O–H groups in total. The van der Waals surface area contributed by atoms with Crippen molar-refractivity contribution in [1.82, 2.24) is 4.57 Å². The van der Waals surface area contributed by atoms with Crippen LogP contribution in [-0.4, -0.2) is 4.57 Å². The smallest absolute Gasteiger partial charge is 0.0541 e. The molecule has 1 heteroatoms. The van der Waals surface area contributed by atoms with E-state index < -0.39 is 0 Å². The van der Waals surface area contributed by atoms with Gasteiger partial charge in [-0.3, -0.25) is 0 Å². The van der Waals surface area contributed by atoms with Crippen LogP contribution < -0.4 is 0 Å². The Hall–Kier alpha value is -7.22. The van der Waals surface area contributed by atoms with Gasteiger partial charge in [-0.25, -0.2) is 0 Å². The van der Waals surface area contributed by atoms with Crippen LogP contribution in [0.1, 0.15) is 25.0 Å². The molecule has 1 nitrogen and oxygen atoms in total. The first-order valence-corrected chi connectivity index (χ1v) is 20.3. The number of benzene rings is 10. The van der Waals surface area contributed by atoms with E-state index in [0.29, 0.717) is 0 Å². The van der Waals surface area contributed by atoms with E-state index in [1.807, 2.05) is 0 Å². The summed E-state index contributed by atoms with van der Waals surface area (Å²) in [7, 11) is 0. The van der Waals surface area contributed by atoms with E-state index in [2.05, 4.69) is 219 Å². The lowest BCUT2D eigenvalue weighted by Crippen LogP contribution is -2.14. The molecule has 0 amide bonds. The predicted molar refractivity (Wildman–Crippen MR) is 247 cm³/mol. The Balaban J connectivity index is 1.01. The number of aromatic nitrogens is 1. The number of fused-ring (bicyclic) bond motifs is 9. The van der Waals surface area contributed by atoms with Gasteiger partial charge in [0.15, 0.2) is 0 Å². The van der Waals surface area contributed by atoms with Gasteiger partial charge in [0.05, 0.1) is 11.0 Å². The molecule has 11 aromatic rings. The quantitative estimate of drug-likeness (QED) is 0.159. The molecule has 0 atom stereocenters. The molecule has 1 aromatic heterocycles. The fraction of sp³-hybridized carbons (Fsp3) is 0.0526. The van der Waals surface area contributed by atoms with Crippen molar-refractivity contribution < 1.29 is 0 Å². The largest absolute Gasteiger partial charge is 0.309 e. The van der Waals surface area contributed by atoms with Gasteiger partial charge in [-0.15, -0.1) is 0 Å². The summed E-state index contributed by atoms with van der Waals surface area (Å²) in [6.07, 6.45) is 0. The van der Waals surface area contributed by atoms with Crippen LogP contribution in [0.2, 0.25) is 0 Å². The van der Waals surface area contributed by atoms with Gasteiger partial charge in [0, 0.05) is 21.9 Å². The van der Waals surface area contributed by atoms with Crippen LogP contribution in [-0.2, 0) is 5.41 Å². The molecule has 12 rings (SSSR count). The van der Waals surface area contributed by atoms with Crippen LogP contribution in [0, 0.1) is 0 Å². The van der Waals surface area contributed by atoms with Crippen LogP contribution in [0.3, 0.4) is 0 Å². The summed E-state index contributed by atoms with van der Waals surface area (Å²) >= 11 is 0. The topological polar surface area (TPSA) is 4.93 Å². The molecule has 0 saturated carbocycles. The van der Waals surface area contributed by atoms with Crippen molar-refractivity contribution >= 4 is 54.1 Å². The minimum atomic E-state index is -0.0648. The van der Waals surface area contributed by atoms with Crippen molar-refractivity contribution in [2.45, 2.75) is 19.3 Å². The Kier molecular flexibility index (Phi) is 7.04. The number of nitrogens with zero attached hydrogens (tertiary/aromatic N) is 1. The maximum absolute atomic E-state index is 2.47. The molecule has 1 heterocycles. The minimum Gasteiger partial charge on any atom is -0.309 e. The summed E-state index contributed by atoms with van der Waals surface area (Å²) < 4.78 is 2.42. The zero-order valence-corrected chi connectivity index (χ0v) is 32.5. The molecule has 272 valence electrons. The highest BCUT2D eigenvalue weighted by Crippen LogP contribution is 2.51. The van der Waals surface area contributed by atoms with E-state index in [1.165, 1.54) is 110 Å². The second-order valence-corrected chi connectivity index (χ2v) is 16.4. The zero-order valence-electron chi connectivity index (χ0n) is 32.5. The molecule has 58 heavy (non-hydrogen) atoms. The molecule has 0 unspecified atom stereocenters. The third-order valence-corrected chi connectivity index (χ3v) is 13.0. The van der Waals surface area contributed by atoms with Crippen molar-refractivity contribution in [3.8, 4) is 50.2 Å². The van der Waals surface area contributed by atoms with Crippen LogP contribution in [0.25, 0.3) is 104 Å². The van der Waals surface area contributed by atoms with Crippen molar-refractivity contribution in [1.29, 1.82) is 0 Å². The number of rotatable bonds is 4. The molecular formula is C57H39N. The molecule has 0 spiro atoms. The first kappa shape index (κ1) is 33.0. The zero-order chi connectivity index (χ0) is 38.5. The van der Waals surface area contributed by atoms with Gasteiger partial charge in [0.2, 0.25) is 0 Å². The summed E-state index contributed by atoms with van der Waals surface area (Å²) in [5.74, 6) is 0. The van der Waals surface area contributed by atoms with Gasteiger partial charge in [0.25, 0.3) is 0 Å². The highest BCUT2D eigenvalue weighted by molar-refractivity contribution is 6.21. The number of hydrogen-bond acceptors (Lipinski definition) is 0. The molecule has 0 radical (unpaired) electrons. The number of hydrogen-bond donors (Lipinski definition) is 0. The summed E-state index contributed by atoms with van der Waals surface area (Å²) in [5, 5.41) is 10.1. The van der Waals surface area contributed by atoms with Crippen molar-refractivity contribution in [3.05, 3.63) is 211 Å². The lowest BCUT2D eigenvalue weighted by atomic mass is 9.80. The van der Waals surface area contributed by atoms with Crippen molar-refractivity contribution in [2.75, 3.05) is 0 Å². The molecule has 0 saturated heterocycles. The van der Waals surface area contributed by atoms with Gasteiger partial charge in [-0.05, 0) is 124 Å². The molecule has 0 fully saturated rings. The highest BCUT2D eigenvalue weighted by atomic mass is 15.0.